The van der Waals surface area contributed by atoms with Gasteiger partial charge in [-0.3, -0.25) is 0 Å². The van der Waals surface area contributed by atoms with E-state index >= 15 is 0 Å². The van der Waals surface area contributed by atoms with Crippen molar-refractivity contribution in [3.8, 4) is 17.6 Å². The first-order valence-corrected chi connectivity index (χ1v) is 4.71. The average molecular weight is 202 g/mol. The monoisotopic (exact) mass is 202 g/mol. The van der Waals surface area contributed by atoms with Crippen molar-refractivity contribution in [3.63, 3.8) is 0 Å². The highest BCUT2D eigenvalue weighted by Gasteiger charge is 1.94. The Morgan fingerprint density at radius 2 is 2.13 bits per heavy atom. The summed E-state index contributed by atoms with van der Waals surface area (Å²) < 4.78 is 5.02. The first-order chi connectivity index (χ1) is 7.26. The highest BCUT2D eigenvalue weighted by atomic mass is 16.5. The Balaban J connectivity index is 2.67. The lowest BCUT2D eigenvalue weighted by Crippen LogP contribution is -1.99. The predicted molar refractivity (Wildman–Crippen MR) is 60.7 cm³/mol. The Bertz CT molecular complexity index is 368. The molecule has 0 unspecified atom stereocenters. The zero-order valence-electron chi connectivity index (χ0n) is 8.73. The van der Waals surface area contributed by atoms with Crippen LogP contribution in [0.25, 0.3) is 0 Å². The molecule has 15 heavy (non-hydrogen) atoms. The molecule has 0 radical (unpaired) electrons. The van der Waals surface area contributed by atoms with Crippen molar-refractivity contribution in [2.75, 3.05) is 7.11 Å². The fourth-order valence-electron chi connectivity index (χ4n) is 1.06. The second kappa shape index (κ2) is 5.90. The van der Waals surface area contributed by atoms with Gasteiger partial charge in [0.1, 0.15) is 11.9 Å². The van der Waals surface area contributed by atoms with Crippen molar-refractivity contribution in [2.45, 2.75) is 12.5 Å². The van der Waals surface area contributed by atoms with E-state index in [2.05, 4.69) is 18.4 Å². The van der Waals surface area contributed by atoms with Crippen molar-refractivity contribution in [1.82, 2.24) is 0 Å². The highest BCUT2D eigenvalue weighted by Crippen LogP contribution is 2.10. The Hall–Kier alpha value is -1.72. The van der Waals surface area contributed by atoms with Crippen LogP contribution in [0.5, 0.6) is 5.75 Å². The van der Waals surface area contributed by atoms with Crippen LogP contribution in [0.3, 0.4) is 0 Å². The lowest BCUT2D eigenvalue weighted by Gasteiger charge is -1.98. The van der Waals surface area contributed by atoms with Crippen molar-refractivity contribution in [2.24, 2.45) is 0 Å². The zero-order chi connectivity index (χ0) is 11.1. The van der Waals surface area contributed by atoms with Gasteiger partial charge < -0.3 is 9.84 Å². The van der Waals surface area contributed by atoms with Gasteiger partial charge in [0.15, 0.2) is 0 Å². The number of benzene rings is 1. The van der Waals surface area contributed by atoms with Crippen LogP contribution >= 0.6 is 0 Å². The van der Waals surface area contributed by atoms with Crippen LogP contribution in [0.1, 0.15) is 12.0 Å². The minimum atomic E-state index is -0.635. The van der Waals surface area contributed by atoms with Crippen molar-refractivity contribution < 1.29 is 9.84 Å². The van der Waals surface area contributed by atoms with E-state index in [0.717, 1.165) is 11.3 Å². The summed E-state index contributed by atoms with van der Waals surface area (Å²) in [5.74, 6) is 6.41. The van der Waals surface area contributed by atoms with E-state index < -0.39 is 6.10 Å². The summed E-state index contributed by atoms with van der Waals surface area (Å²) in [5, 5.41) is 9.34. The van der Waals surface area contributed by atoms with Crippen LogP contribution in [-0.4, -0.2) is 18.3 Å². The minimum absolute atomic E-state index is 0.489. The molecule has 0 saturated heterocycles. The molecule has 2 nitrogen and oxygen atoms in total. The summed E-state index contributed by atoms with van der Waals surface area (Å²) in [5.41, 5.74) is 0.860. The van der Waals surface area contributed by atoms with E-state index in [4.69, 9.17) is 4.74 Å². The molecule has 0 fully saturated rings. The number of hydrogen-bond acceptors (Lipinski definition) is 2. The molecule has 0 aliphatic carbocycles. The standard InChI is InChI=1S/C13H14O2/c1-3-4-12(14)8-5-11-6-9-13(15-2)10-7-11/h3,6-7,9-10,12,14H,1,4H2,2H3/t12-/m1/s1. The maximum atomic E-state index is 9.34. The van der Waals surface area contributed by atoms with Crippen LogP contribution < -0.4 is 4.74 Å². The van der Waals surface area contributed by atoms with E-state index in [0.29, 0.717) is 6.42 Å². The summed E-state index contributed by atoms with van der Waals surface area (Å²) in [6, 6.07) is 7.38. The number of aliphatic hydroxyl groups is 1. The normalized spacial score (nSPS) is 11.1. The van der Waals surface area contributed by atoms with Gasteiger partial charge in [0.05, 0.1) is 7.11 Å². The van der Waals surface area contributed by atoms with E-state index in [-0.39, 0.29) is 0 Å². The summed E-state index contributed by atoms with van der Waals surface area (Å²) in [7, 11) is 1.62. The predicted octanol–water partition coefficient (Wildman–Crippen LogP) is 1.98. The molecular weight excluding hydrogens is 188 g/mol. The minimum Gasteiger partial charge on any atom is -0.497 e. The third-order valence-corrected chi connectivity index (χ3v) is 1.86. The third kappa shape index (κ3) is 3.88. The molecule has 1 N–H and O–H groups in total. The molecule has 1 aromatic carbocycles. The Kier molecular flexibility index (Phi) is 4.46. The summed E-state index contributed by atoms with van der Waals surface area (Å²) >= 11 is 0. The summed E-state index contributed by atoms with van der Waals surface area (Å²) in [4.78, 5) is 0. The Labute approximate surface area is 90.2 Å². The van der Waals surface area contributed by atoms with Gasteiger partial charge in [0, 0.05) is 12.0 Å². The summed E-state index contributed by atoms with van der Waals surface area (Å²) in [6.45, 7) is 3.53. The maximum Gasteiger partial charge on any atom is 0.118 e. The van der Waals surface area contributed by atoms with Crippen molar-refractivity contribution >= 4 is 0 Å². The van der Waals surface area contributed by atoms with Crippen LogP contribution in [0.4, 0.5) is 0 Å². The molecule has 0 aromatic heterocycles. The molecule has 1 rings (SSSR count). The van der Waals surface area contributed by atoms with Crippen molar-refractivity contribution in [3.05, 3.63) is 42.5 Å². The Morgan fingerprint density at radius 3 is 2.67 bits per heavy atom. The number of rotatable bonds is 3. The van der Waals surface area contributed by atoms with E-state index in [1.165, 1.54) is 0 Å². The second-order valence-electron chi connectivity index (χ2n) is 3.04. The van der Waals surface area contributed by atoms with Gasteiger partial charge in [-0.25, -0.2) is 0 Å². The van der Waals surface area contributed by atoms with E-state index in [9.17, 15) is 5.11 Å². The molecular formula is C13H14O2. The molecule has 0 aliphatic heterocycles. The van der Waals surface area contributed by atoms with Gasteiger partial charge in [-0.2, -0.15) is 0 Å². The van der Waals surface area contributed by atoms with Gasteiger partial charge in [-0.05, 0) is 24.3 Å². The van der Waals surface area contributed by atoms with Gasteiger partial charge >= 0.3 is 0 Å². The fraction of sp³-hybridized carbons (Fsp3) is 0.231. The Morgan fingerprint density at radius 1 is 1.47 bits per heavy atom. The van der Waals surface area contributed by atoms with Crippen molar-refractivity contribution in [1.29, 1.82) is 0 Å². The maximum absolute atomic E-state index is 9.34. The molecule has 0 spiro atoms. The van der Waals surface area contributed by atoms with Crippen LogP contribution in [-0.2, 0) is 0 Å². The molecule has 0 heterocycles. The quantitative estimate of drug-likeness (QED) is 0.600. The number of hydrogen-bond donors (Lipinski definition) is 1. The molecule has 2 heteroatoms. The van der Waals surface area contributed by atoms with Crippen LogP contribution in [0.2, 0.25) is 0 Å². The largest absolute Gasteiger partial charge is 0.497 e. The first kappa shape index (κ1) is 11.4. The fourth-order valence-corrected chi connectivity index (χ4v) is 1.06. The van der Waals surface area contributed by atoms with Crippen LogP contribution in [0.15, 0.2) is 36.9 Å². The number of ether oxygens (including phenoxy) is 1. The summed E-state index contributed by atoms with van der Waals surface area (Å²) in [6.07, 6.45) is 1.50. The van der Waals surface area contributed by atoms with E-state index in [1.807, 2.05) is 24.3 Å². The average Bonchev–Trinajstić information content (AvgIpc) is 2.27. The lowest BCUT2D eigenvalue weighted by atomic mass is 10.2. The van der Waals surface area contributed by atoms with Gasteiger partial charge in [-0.15, -0.1) is 6.58 Å². The smallest absolute Gasteiger partial charge is 0.118 e. The van der Waals surface area contributed by atoms with Gasteiger partial charge in [-0.1, -0.05) is 17.9 Å². The molecule has 0 bridgehead atoms. The van der Waals surface area contributed by atoms with Crippen LogP contribution in [0, 0.1) is 11.8 Å². The topological polar surface area (TPSA) is 29.5 Å². The molecule has 0 saturated carbocycles. The molecule has 1 aromatic rings. The number of methoxy groups -OCH3 is 1. The second-order valence-corrected chi connectivity index (χ2v) is 3.04. The molecule has 1 atom stereocenters. The number of aliphatic hydroxyl groups excluding tert-OH is 1. The lowest BCUT2D eigenvalue weighted by molar-refractivity contribution is 0.236. The highest BCUT2D eigenvalue weighted by molar-refractivity contribution is 5.38. The molecule has 0 amide bonds. The first-order valence-electron chi connectivity index (χ1n) is 4.71. The SMILES string of the molecule is C=CC[C@@H](O)C#Cc1ccc(OC)cc1. The van der Waals surface area contributed by atoms with Gasteiger partial charge in [0.25, 0.3) is 0 Å². The zero-order valence-corrected chi connectivity index (χ0v) is 8.73. The third-order valence-electron chi connectivity index (χ3n) is 1.86. The van der Waals surface area contributed by atoms with Gasteiger partial charge in [0.2, 0.25) is 0 Å². The molecule has 78 valence electrons. The van der Waals surface area contributed by atoms with E-state index in [1.54, 1.807) is 13.2 Å². The molecule has 0 aliphatic rings.